The van der Waals surface area contributed by atoms with Crippen LogP contribution in [0.4, 0.5) is 0 Å². The van der Waals surface area contributed by atoms with E-state index in [2.05, 4.69) is 38.2 Å². The average molecular weight is 808 g/mol. The zero-order valence-corrected chi connectivity index (χ0v) is 36.2. The Labute approximate surface area is 347 Å². The molecule has 0 aromatic carbocycles. The van der Waals surface area contributed by atoms with E-state index < -0.39 is 31.5 Å². The molecule has 0 radical (unpaired) electrons. The van der Waals surface area contributed by atoms with E-state index in [0.29, 0.717) is 12.8 Å². The standard InChI is InChI=1S/C47H85NO9/c1-3-5-7-21-27-41(51)29-23-17-13-9-11-15-19-25-31-43(53)35-37-48(46(55)33-34-47(56)57-45(39-49)40-50)38-36-44(54)32-26-20-16-12-10-14-18-24-30-42(52)28-22-8-6-4-2/h17-18,23-24,33-34,41-42,45-46,49-52,55H,3-16,19-22,25-32,35-40H2,1-2H3/b23-17+,24-18+,34-33-. The maximum absolute atomic E-state index is 12.7. The third-order valence-corrected chi connectivity index (χ3v) is 10.4. The van der Waals surface area contributed by atoms with E-state index in [-0.39, 0.29) is 49.7 Å². The molecule has 0 fully saturated rings. The molecule has 0 aliphatic carbocycles. The summed E-state index contributed by atoms with van der Waals surface area (Å²) in [6.45, 7) is 3.81. The van der Waals surface area contributed by atoms with Crippen LogP contribution >= 0.6 is 0 Å². The fourth-order valence-corrected chi connectivity index (χ4v) is 6.61. The monoisotopic (exact) mass is 808 g/mol. The van der Waals surface area contributed by atoms with Crippen LogP contribution in [0.15, 0.2) is 36.5 Å². The van der Waals surface area contributed by atoms with Gasteiger partial charge in [-0.2, -0.15) is 0 Å². The highest BCUT2D eigenvalue weighted by Crippen LogP contribution is 2.14. The van der Waals surface area contributed by atoms with Crippen LogP contribution in [0, 0.1) is 0 Å². The number of allylic oxidation sites excluding steroid dienone is 2. The van der Waals surface area contributed by atoms with Gasteiger partial charge in [-0.15, -0.1) is 0 Å². The van der Waals surface area contributed by atoms with Gasteiger partial charge in [0, 0.05) is 44.8 Å². The summed E-state index contributed by atoms with van der Waals surface area (Å²) in [5.41, 5.74) is 0. The van der Waals surface area contributed by atoms with E-state index in [1.165, 1.54) is 44.6 Å². The Hall–Kier alpha value is -2.21. The molecule has 10 nitrogen and oxygen atoms in total. The third-order valence-electron chi connectivity index (χ3n) is 10.4. The number of hydrogen-bond acceptors (Lipinski definition) is 10. The van der Waals surface area contributed by atoms with Gasteiger partial charge < -0.3 is 30.3 Å². The molecule has 0 aliphatic heterocycles. The van der Waals surface area contributed by atoms with Crippen molar-refractivity contribution < 1.29 is 44.7 Å². The average Bonchev–Trinajstić information content (AvgIpc) is 3.20. The lowest BCUT2D eigenvalue weighted by Crippen LogP contribution is -2.37. The minimum absolute atomic E-state index is 0.0951. The molecule has 0 saturated carbocycles. The van der Waals surface area contributed by atoms with Crippen LogP contribution in [-0.4, -0.2) is 98.8 Å². The summed E-state index contributed by atoms with van der Waals surface area (Å²) in [4.78, 5) is 39.2. The van der Waals surface area contributed by atoms with Crippen LogP contribution in [0.2, 0.25) is 0 Å². The number of hydrogen-bond donors (Lipinski definition) is 5. The van der Waals surface area contributed by atoms with Crippen molar-refractivity contribution in [2.45, 2.75) is 218 Å². The summed E-state index contributed by atoms with van der Waals surface area (Å²) < 4.78 is 4.93. The number of esters is 1. The molecule has 0 bridgehead atoms. The van der Waals surface area contributed by atoms with E-state index in [1.54, 1.807) is 4.90 Å². The summed E-state index contributed by atoms with van der Waals surface area (Å²) in [7, 11) is 0. The van der Waals surface area contributed by atoms with Gasteiger partial charge in [0.15, 0.2) is 0 Å². The van der Waals surface area contributed by atoms with E-state index in [1.807, 2.05) is 0 Å². The zero-order valence-electron chi connectivity index (χ0n) is 36.2. The van der Waals surface area contributed by atoms with Gasteiger partial charge in [0.2, 0.25) is 0 Å². The molecule has 3 unspecified atom stereocenters. The first-order chi connectivity index (χ1) is 27.7. The van der Waals surface area contributed by atoms with Crippen molar-refractivity contribution in [3.63, 3.8) is 0 Å². The van der Waals surface area contributed by atoms with Crippen molar-refractivity contribution in [2.75, 3.05) is 26.3 Å². The van der Waals surface area contributed by atoms with Gasteiger partial charge >= 0.3 is 5.97 Å². The van der Waals surface area contributed by atoms with Crippen LogP contribution in [0.1, 0.15) is 194 Å². The van der Waals surface area contributed by atoms with E-state index in [4.69, 9.17) is 14.9 Å². The molecule has 5 N–H and O–H groups in total. The molecular formula is C47H85NO9. The summed E-state index contributed by atoms with van der Waals surface area (Å²) in [6, 6.07) is 0. The molecule has 0 saturated heterocycles. The summed E-state index contributed by atoms with van der Waals surface area (Å²) in [6.07, 6.45) is 34.2. The second-order valence-corrected chi connectivity index (χ2v) is 15.8. The maximum Gasteiger partial charge on any atom is 0.331 e. The number of ketones is 2. The molecule has 10 heteroatoms. The largest absolute Gasteiger partial charge is 0.454 e. The predicted molar refractivity (Wildman–Crippen MR) is 232 cm³/mol. The Bertz CT molecular complexity index is 982. The van der Waals surface area contributed by atoms with Gasteiger partial charge in [0.05, 0.1) is 25.4 Å². The molecule has 0 rings (SSSR count). The van der Waals surface area contributed by atoms with Crippen LogP contribution in [0.5, 0.6) is 0 Å². The second-order valence-electron chi connectivity index (χ2n) is 15.8. The molecule has 0 amide bonds. The Morgan fingerprint density at radius 1 is 0.544 bits per heavy atom. The molecule has 57 heavy (non-hydrogen) atoms. The highest BCUT2D eigenvalue weighted by atomic mass is 16.6. The first-order valence-electron chi connectivity index (χ1n) is 22.9. The molecule has 3 atom stereocenters. The van der Waals surface area contributed by atoms with Crippen LogP contribution in [0.25, 0.3) is 0 Å². The van der Waals surface area contributed by atoms with E-state index in [9.17, 15) is 29.7 Å². The lowest BCUT2D eigenvalue weighted by atomic mass is 10.0. The fraction of sp³-hybridized carbons (Fsp3) is 0.809. The summed E-state index contributed by atoms with van der Waals surface area (Å²) in [5, 5.41) is 49.4. The summed E-state index contributed by atoms with van der Waals surface area (Å²) >= 11 is 0. The first-order valence-corrected chi connectivity index (χ1v) is 22.9. The van der Waals surface area contributed by atoms with E-state index >= 15 is 0 Å². The Kier molecular flexibility index (Phi) is 39.0. The number of carbonyl (C=O) groups excluding carboxylic acids is 3. The van der Waals surface area contributed by atoms with Gasteiger partial charge in [-0.25, -0.2) is 4.79 Å². The van der Waals surface area contributed by atoms with Crippen molar-refractivity contribution in [3.05, 3.63) is 36.5 Å². The molecule has 0 heterocycles. The number of nitrogens with zero attached hydrogens (tertiary/aromatic N) is 1. The maximum atomic E-state index is 12.7. The fourth-order valence-electron chi connectivity index (χ4n) is 6.61. The van der Waals surface area contributed by atoms with Gasteiger partial charge in [-0.05, 0) is 70.3 Å². The van der Waals surface area contributed by atoms with Crippen molar-refractivity contribution >= 4 is 17.5 Å². The van der Waals surface area contributed by atoms with Gasteiger partial charge in [0.25, 0.3) is 0 Å². The number of Topliss-reactive ketones (excluding diaryl/α,β-unsaturated/α-hetero) is 2. The van der Waals surface area contributed by atoms with Crippen molar-refractivity contribution in [1.82, 2.24) is 4.90 Å². The highest BCUT2D eigenvalue weighted by molar-refractivity contribution is 5.82. The number of carbonyl (C=O) groups is 3. The smallest absolute Gasteiger partial charge is 0.331 e. The quantitative estimate of drug-likeness (QED) is 0.0132. The topological polar surface area (TPSA) is 165 Å². The lowest BCUT2D eigenvalue weighted by molar-refractivity contribution is -0.147. The minimum atomic E-state index is -1.22. The van der Waals surface area contributed by atoms with Crippen LogP contribution in [-0.2, 0) is 19.1 Å². The zero-order chi connectivity index (χ0) is 42.2. The third kappa shape index (κ3) is 36.6. The Balaban J connectivity index is 4.50. The molecule has 0 spiro atoms. The minimum Gasteiger partial charge on any atom is -0.454 e. The Morgan fingerprint density at radius 2 is 0.965 bits per heavy atom. The number of aliphatic hydroxyl groups excluding tert-OH is 5. The SMILES string of the molecule is CCCCCCC(O)C/C=C/CCCCCCCC(=O)CCN(CCC(=O)CCCCCCC/C=C/CC(O)CCCCCC)C(O)/C=C\C(=O)OC(CO)CO. The normalized spacial score (nSPS) is 13.8. The highest BCUT2D eigenvalue weighted by Gasteiger charge is 2.18. The lowest BCUT2D eigenvalue weighted by Gasteiger charge is -2.25. The second kappa shape index (κ2) is 40.6. The first kappa shape index (κ1) is 54.8. The Morgan fingerprint density at radius 3 is 1.40 bits per heavy atom. The van der Waals surface area contributed by atoms with E-state index in [0.717, 1.165) is 122 Å². The predicted octanol–water partition coefficient (Wildman–Crippen LogP) is 8.99. The van der Waals surface area contributed by atoms with Gasteiger partial charge in [0.1, 0.15) is 23.9 Å². The molecule has 0 aliphatic rings. The molecule has 332 valence electrons. The van der Waals surface area contributed by atoms with Crippen molar-refractivity contribution in [1.29, 1.82) is 0 Å². The van der Waals surface area contributed by atoms with Crippen molar-refractivity contribution in [3.8, 4) is 0 Å². The summed E-state index contributed by atoms with van der Waals surface area (Å²) in [5.74, 6) is -0.629. The molecular weight excluding hydrogens is 723 g/mol. The van der Waals surface area contributed by atoms with Gasteiger partial charge in [-0.3, -0.25) is 14.5 Å². The van der Waals surface area contributed by atoms with Crippen LogP contribution < -0.4 is 0 Å². The van der Waals surface area contributed by atoms with Crippen LogP contribution in [0.3, 0.4) is 0 Å². The number of aliphatic hydroxyl groups is 5. The number of unbranched alkanes of at least 4 members (excludes halogenated alkanes) is 16. The molecule has 0 aromatic heterocycles. The van der Waals surface area contributed by atoms with Gasteiger partial charge in [-0.1, -0.05) is 128 Å². The van der Waals surface area contributed by atoms with Crippen molar-refractivity contribution in [2.24, 2.45) is 0 Å². The number of rotatable bonds is 42. The number of ether oxygens (including phenoxy) is 1. The molecule has 0 aromatic rings.